The van der Waals surface area contributed by atoms with E-state index in [2.05, 4.69) is 5.32 Å². The van der Waals surface area contributed by atoms with Crippen molar-refractivity contribution >= 4 is 11.7 Å². The topological polar surface area (TPSA) is 61.8 Å². The molecular formula is C19H30N2O3. The number of aliphatic hydroxyl groups excluding tert-OH is 1. The lowest BCUT2D eigenvalue weighted by atomic mass is 10.2. The minimum Gasteiger partial charge on any atom is -0.392 e. The van der Waals surface area contributed by atoms with Gasteiger partial charge in [-0.25, -0.2) is 4.79 Å². The molecule has 1 fully saturated rings. The van der Waals surface area contributed by atoms with Crippen LogP contribution in [0.3, 0.4) is 0 Å². The van der Waals surface area contributed by atoms with E-state index in [1.807, 2.05) is 38.1 Å². The Bertz CT molecular complexity index is 508. The van der Waals surface area contributed by atoms with Gasteiger partial charge in [0, 0.05) is 18.3 Å². The van der Waals surface area contributed by atoms with Crippen LogP contribution in [0.5, 0.6) is 0 Å². The number of anilines is 1. The fourth-order valence-corrected chi connectivity index (χ4v) is 2.96. The molecule has 134 valence electrons. The summed E-state index contributed by atoms with van der Waals surface area (Å²) in [5, 5.41) is 12.4. The zero-order valence-electron chi connectivity index (χ0n) is 15.0. The number of hydrogen-bond donors (Lipinski definition) is 2. The number of benzene rings is 1. The second-order valence-corrected chi connectivity index (χ2v) is 6.94. The van der Waals surface area contributed by atoms with Gasteiger partial charge >= 0.3 is 6.03 Å². The van der Waals surface area contributed by atoms with Crippen molar-refractivity contribution in [3.05, 3.63) is 29.8 Å². The molecular weight excluding hydrogens is 304 g/mol. The third kappa shape index (κ3) is 5.80. The molecule has 0 aromatic heterocycles. The van der Waals surface area contributed by atoms with E-state index in [9.17, 15) is 9.90 Å². The number of carbonyl (C=O) groups excluding carboxylic acids is 1. The summed E-state index contributed by atoms with van der Waals surface area (Å²) in [7, 11) is 0. The van der Waals surface area contributed by atoms with Gasteiger partial charge in [-0.05, 0) is 51.3 Å². The molecule has 0 bridgehead atoms. The van der Waals surface area contributed by atoms with E-state index in [-0.39, 0.29) is 12.1 Å². The van der Waals surface area contributed by atoms with Gasteiger partial charge in [-0.1, -0.05) is 25.0 Å². The molecule has 2 amide bonds. The highest BCUT2D eigenvalue weighted by molar-refractivity contribution is 5.89. The molecule has 1 aliphatic rings. The lowest BCUT2D eigenvalue weighted by Gasteiger charge is -2.28. The Hall–Kier alpha value is -1.59. The van der Waals surface area contributed by atoms with E-state index in [1.165, 1.54) is 25.7 Å². The molecule has 0 radical (unpaired) electrons. The molecule has 1 aliphatic carbocycles. The molecule has 0 aliphatic heterocycles. The molecule has 0 heterocycles. The molecule has 1 aromatic rings. The minimum atomic E-state index is -0.548. The Labute approximate surface area is 145 Å². The van der Waals surface area contributed by atoms with Crippen molar-refractivity contribution in [2.45, 2.75) is 71.3 Å². The van der Waals surface area contributed by atoms with Crippen LogP contribution in [-0.4, -0.2) is 40.8 Å². The number of nitrogens with zero attached hydrogens (tertiary/aromatic N) is 1. The predicted octanol–water partition coefficient (Wildman–Crippen LogP) is 3.77. The molecule has 0 saturated heterocycles. The fourth-order valence-electron chi connectivity index (χ4n) is 2.96. The quantitative estimate of drug-likeness (QED) is 0.798. The van der Waals surface area contributed by atoms with Gasteiger partial charge < -0.3 is 20.1 Å². The van der Waals surface area contributed by atoms with Crippen LogP contribution in [0.15, 0.2) is 24.3 Å². The van der Waals surface area contributed by atoms with E-state index in [0.29, 0.717) is 19.3 Å². The van der Waals surface area contributed by atoms with Gasteiger partial charge in [0.1, 0.15) is 0 Å². The number of urea groups is 1. The van der Waals surface area contributed by atoms with Crippen molar-refractivity contribution in [2.24, 2.45) is 0 Å². The van der Waals surface area contributed by atoms with Gasteiger partial charge in [-0.2, -0.15) is 0 Å². The molecule has 1 atom stereocenters. The van der Waals surface area contributed by atoms with Crippen LogP contribution < -0.4 is 5.32 Å². The van der Waals surface area contributed by atoms with Crippen LogP contribution in [-0.2, 0) is 11.3 Å². The number of hydrogen-bond acceptors (Lipinski definition) is 3. The molecule has 0 spiro atoms. The maximum Gasteiger partial charge on any atom is 0.322 e. The Morgan fingerprint density at radius 1 is 1.25 bits per heavy atom. The first-order valence-corrected chi connectivity index (χ1v) is 8.92. The van der Waals surface area contributed by atoms with Gasteiger partial charge in [0.2, 0.25) is 0 Å². The Balaban J connectivity index is 1.86. The Morgan fingerprint density at radius 2 is 1.88 bits per heavy atom. The second kappa shape index (κ2) is 9.04. The van der Waals surface area contributed by atoms with Crippen molar-refractivity contribution in [3.8, 4) is 0 Å². The molecule has 1 unspecified atom stereocenters. The number of ether oxygens (including phenoxy) is 1. The normalized spacial score (nSPS) is 16.4. The van der Waals surface area contributed by atoms with E-state index in [0.717, 1.165) is 11.3 Å². The predicted molar refractivity (Wildman–Crippen MR) is 96.0 cm³/mol. The highest BCUT2D eigenvalue weighted by atomic mass is 16.5. The molecule has 1 saturated carbocycles. The Morgan fingerprint density at radius 3 is 2.42 bits per heavy atom. The summed E-state index contributed by atoms with van der Waals surface area (Å²) in [6.45, 7) is 6.49. The first-order valence-electron chi connectivity index (χ1n) is 8.92. The lowest BCUT2D eigenvalue weighted by molar-refractivity contribution is 0.0457. The SMILES string of the molecule is CC(O)CN(C(=O)Nc1ccc(COC2CCCC2)cc1)C(C)C. The monoisotopic (exact) mass is 334 g/mol. The average Bonchev–Trinajstić information content (AvgIpc) is 3.05. The second-order valence-electron chi connectivity index (χ2n) is 6.94. The largest absolute Gasteiger partial charge is 0.392 e. The average molecular weight is 334 g/mol. The summed E-state index contributed by atoms with van der Waals surface area (Å²) in [4.78, 5) is 14.0. The van der Waals surface area contributed by atoms with E-state index in [4.69, 9.17) is 4.74 Å². The number of aliphatic hydroxyl groups is 1. The van der Waals surface area contributed by atoms with Gasteiger partial charge in [0.15, 0.2) is 0 Å². The minimum absolute atomic E-state index is 0.0266. The van der Waals surface area contributed by atoms with Gasteiger partial charge in [-0.15, -0.1) is 0 Å². The number of carbonyl (C=O) groups is 1. The van der Waals surface area contributed by atoms with Crippen LogP contribution in [0.1, 0.15) is 52.0 Å². The number of rotatable bonds is 7. The highest BCUT2D eigenvalue weighted by Crippen LogP contribution is 2.22. The third-order valence-electron chi connectivity index (χ3n) is 4.34. The van der Waals surface area contributed by atoms with Crippen molar-refractivity contribution < 1.29 is 14.6 Å². The van der Waals surface area contributed by atoms with Crippen molar-refractivity contribution in [2.75, 3.05) is 11.9 Å². The molecule has 2 rings (SSSR count). The van der Waals surface area contributed by atoms with E-state index in [1.54, 1.807) is 11.8 Å². The summed E-state index contributed by atoms with van der Waals surface area (Å²) in [6.07, 6.45) is 4.74. The van der Waals surface area contributed by atoms with Crippen molar-refractivity contribution in [1.82, 2.24) is 4.90 Å². The molecule has 2 N–H and O–H groups in total. The Kier molecular flexibility index (Phi) is 7.06. The van der Waals surface area contributed by atoms with Crippen LogP contribution in [0.4, 0.5) is 10.5 Å². The van der Waals surface area contributed by atoms with Gasteiger partial charge in [0.05, 0.1) is 18.8 Å². The molecule has 1 aromatic carbocycles. The summed E-state index contributed by atoms with van der Waals surface area (Å²) in [6, 6.07) is 7.59. The first kappa shape index (κ1) is 18.7. The molecule has 24 heavy (non-hydrogen) atoms. The van der Waals surface area contributed by atoms with Crippen LogP contribution in [0.2, 0.25) is 0 Å². The number of nitrogens with one attached hydrogen (secondary N) is 1. The van der Waals surface area contributed by atoms with Crippen molar-refractivity contribution in [3.63, 3.8) is 0 Å². The van der Waals surface area contributed by atoms with E-state index >= 15 is 0 Å². The molecule has 5 nitrogen and oxygen atoms in total. The summed E-state index contributed by atoms with van der Waals surface area (Å²) in [5.41, 5.74) is 1.87. The zero-order valence-corrected chi connectivity index (χ0v) is 15.0. The van der Waals surface area contributed by atoms with E-state index < -0.39 is 6.10 Å². The van der Waals surface area contributed by atoms with Crippen LogP contribution in [0.25, 0.3) is 0 Å². The summed E-state index contributed by atoms with van der Waals surface area (Å²) < 4.78 is 5.90. The highest BCUT2D eigenvalue weighted by Gasteiger charge is 2.19. The third-order valence-corrected chi connectivity index (χ3v) is 4.34. The zero-order chi connectivity index (χ0) is 17.5. The standard InChI is InChI=1S/C19H30N2O3/c1-14(2)21(12-15(3)22)19(23)20-17-10-8-16(9-11-17)13-24-18-6-4-5-7-18/h8-11,14-15,18,22H,4-7,12-13H2,1-3H3,(H,20,23). The summed E-state index contributed by atoms with van der Waals surface area (Å²) >= 11 is 0. The maximum atomic E-state index is 12.4. The number of amides is 2. The van der Waals surface area contributed by atoms with Crippen LogP contribution in [0, 0.1) is 0 Å². The maximum absolute atomic E-state index is 12.4. The van der Waals surface area contributed by atoms with Crippen molar-refractivity contribution in [1.29, 1.82) is 0 Å². The lowest BCUT2D eigenvalue weighted by Crippen LogP contribution is -2.43. The van der Waals surface area contributed by atoms with Crippen LogP contribution >= 0.6 is 0 Å². The molecule has 5 heteroatoms. The summed E-state index contributed by atoms with van der Waals surface area (Å²) in [5.74, 6) is 0. The fraction of sp³-hybridized carbons (Fsp3) is 0.632. The van der Waals surface area contributed by atoms with Gasteiger partial charge in [-0.3, -0.25) is 0 Å². The van der Waals surface area contributed by atoms with Gasteiger partial charge in [0.25, 0.3) is 0 Å². The smallest absolute Gasteiger partial charge is 0.322 e. The first-order chi connectivity index (χ1) is 11.5.